The number of nitrogens with two attached hydrogens (primary N) is 1. The Labute approximate surface area is 108 Å². The molecule has 0 fully saturated rings. The van der Waals surface area contributed by atoms with Gasteiger partial charge in [-0.1, -0.05) is 12.1 Å². The first kappa shape index (κ1) is 14.6. The quantitative estimate of drug-likeness (QED) is 0.589. The summed E-state index contributed by atoms with van der Waals surface area (Å²) in [6.07, 6.45) is 0. The lowest BCUT2D eigenvalue weighted by atomic mass is 10.1. The second-order valence-electron chi connectivity index (χ2n) is 4.76. The number of nitrogens with one attached hydrogen (secondary N) is 1. The van der Waals surface area contributed by atoms with E-state index in [1.807, 2.05) is 21.1 Å². The molecule has 0 saturated carbocycles. The van der Waals surface area contributed by atoms with Crippen molar-refractivity contribution < 1.29 is 4.39 Å². The number of likely N-dealkylation sites (N-methyl/N-ethyl adjacent to an activating group) is 2. The average Bonchev–Trinajstić information content (AvgIpc) is 2.29. The van der Waals surface area contributed by atoms with E-state index in [0.29, 0.717) is 17.7 Å². The number of benzene rings is 1. The molecule has 1 aromatic rings. The second kappa shape index (κ2) is 6.47. The average molecular weight is 252 g/mol. The zero-order chi connectivity index (χ0) is 13.7. The number of hydrogen-bond acceptors (Lipinski definition) is 3. The van der Waals surface area contributed by atoms with E-state index in [-0.39, 0.29) is 11.7 Å². The number of hydrogen-bond donors (Lipinski definition) is 2. The van der Waals surface area contributed by atoms with E-state index in [4.69, 9.17) is 11.1 Å². The van der Waals surface area contributed by atoms with Crippen molar-refractivity contribution in [2.75, 3.05) is 34.2 Å². The lowest BCUT2D eigenvalue weighted by molar-refractivity contribution is 0.273. The van der Waals surface area contributed by atoms with Gasteiger partial charge >= 0.3 is 0 Å². The molecule has 0 radical (unpaired) electrons. The zero-order valence-corrected chi connectivity index (χ0v) is 11.2. The number of nitrogens with zero attached hydrogens (tertiary/aromatic N) is 2. The normalized spacial score (nSPS) is 11.2. The molecule has 1 rings (SSSR count). The Morgan fingerprint density at radius 1 is 1.28 bits per heavy atom. The van der Waals surface area contributed by atoms with Gasteiger partial charge in [0.25, 0.3) is 0 Å². The molecule has 0 spiro atoms. The third-order valence-electron chi connectivity index (χ3n) is 2.73. The molecule has 0 aliphatic carbocycles. The molecule has 0 aliphatic rings. The summed E-state index contributed by atoms with van der Waals surface area (Å²) in [5.74, 6) is -0.416. The lowest BCUT2D eigenvalue weighted by Crippen LogP contribution is -2.28. The molecule has 0 amide bonds. The first-order chi connectivity index (χ1) is 8.40. The van der Waals surface area contributed by atoms with Gasteiger partial charge in [-0.05, 0) is 27.2 Å². The number of nitrogen functional groups attached to an aromatic ring is 1. The van der Waals surface area contributed by atoms with Crippen molar-refractivity contribution in [3.8, 4) is 0 Å². The van der Waals surface area contributed by atoms with Crippen molar-refractivity contribution in [2.45, 2.75) is 6.54 Å². The third kappa shape index (κ3) is 4.43. The molecular weight excluding hydrogens is 231 g/mol. The molecule has 18 heavy (non-hydrogen) atoms. The van der Waals surface area contributed by atoms with Crippen LogP contribution in [0.2, 0.25) is 0 Å². The molecule has 0 aromatic heterocycles. The maximum absolute atomic E-state index is 13.8. The van der Waals surface area contributed by atoms with Crippen molar-refractivity contribution in [1.29, 1.82) is 5.41 Å². The van der Waals surface area contributed by atoms with Crippen LogP contribution in [0.3, 0.4) is 0 Å². The Morgan fingerprint density at radius 3 is 2.44 bits per heavy atom. The summed E-state index contributed by atoms with van der Waals surface area (Å²) in [5, 5.41) is 7.25. The predicted octanol–water partition coefficient (Wildman–Crippen LogP) is 1.10. The summed E-state index contributed by atoms with van der Waals surface area (Å²) in [4.78, 5) is 4.15. The SMILES string of the molecule is CN(C)CCN(C)Cc1ccc(C(=N)N)cc1F. The molecule has 1 aromatic carbocycles. The minimum atomic E-state index is -0.306. The van der Waals surface area contributed by atoms with E-state index in [2.05, 4.69) is 9.80 Å². The van der Waals surface area contributed by atoms with E-state index in [1.165, 1.54) is 6.07 Å². The predicted molar refractivity (Wildman–Crippen MR) is 72.3 cm³/mol. The number of halogens is 1. The van der Waals surface area contributed by atoms with Gasteiger partial charge in [-0.15, -0.1) is 0 Å². The van der Waals surface area contributed by atoms with Gasteiger partial charge < -0.3 is 15.5 Å². The van der Waals surface area contributed by atoms with Crippen LogP contribution in [0.4, 0.5) is 4.39 Å². The minimum Gasteiger partial charge on any atom is -0.384 e. The molecular formula is C13H21FN4. The molecule has 0 heterocycles. The standard InChI is InChI=1S/C13H21FN4/c1-17(2)6-7-18(3)9-11-5-4-10(13(15)16)8-12(11)14/h4-5,8H,6-7,9H2,1-3H3,(H3,15,16). The molecule has 5 heteroatoms. The Hall–Kier alpha value is -1.46. The third-order valence-corrected chi connectivity index (χ3v) is 2.73. The monoisotopic (exact) mass is 252 g/mol. The van der Waals surface area contributed by atoms with Crippen molar-refractivity contribution in [3.63, 3.8) is 0 Å². The van der Waals surface area contributed by atoms with E-state index in [9.17, 15) is 4.39 Å². The molecule has 0 bridgehead atoms. The molecule has 4 nitrogen and oxygen atoms in total. The fraction of sp³-hybridized carbons (Fsp3) is 0.462. The van der Waals surface area contributed by atoms with Crippen molar-refractivity contribution in [3.05, 3.63) is 35.1 Å². The number of rotatable bonds is 6. The van der Waals surface area contributed by atoms with E-state index in [1.54, 1.807) is 12.1 Å². The van der Waals surface area contributed by atoms with Crippen LogP contribution in [0.5, 0.6) is 0 Å². The van der Waals surface area contributed by atoms with Gasteiger partial charge in [0.1, 0.15) is 11.7 Å². The van der Waals surface area contributed by atoms with Crippen LogP contribution in [0.1, 0.15) is 11.1 Å². The van der Waals surface area contributed by atoms with E-state index in [0.717, 1.165) is 13.1 Å². The Kier molecular flexibility index (Phi) is 5.25. The van der Waals surface area contributed by atoms with Crippen LogP contribution in [0.25, 0.3) is 0 Å². The van der Waals surface area contributed by atoms with Crippen LogP contribution >= 0.6 is 0 Å². The fourth-order valence-corrected chi connectivity index (χ4v) is 1.58. The van der Waals surface area contributed by atoms with Crippen LogP contribution in [0, 0.1) is 11.2 Å². The Morgan fingerprint density at radius 2 is 1.94 bits per heavy atom. The van der Waals surface area contributed by atoms with Crippen LogP contribution in [-0.4, -0.2) is 49.9 Å². The van der Waals surface area contributed by atoms with Crippen LogP contribution < -0.4 is 5.73 Å². The smallest absolute Gasteiger partial charge is 0.128 e. The highest BCUT2D eigenvalue weighted by Crippen LogP contribution is 2.12. The first-order valence-electron chi connectivity index (χ1n) is 5.86. The van der Waals surface area contributed by atoms with Crippen LogP contribution in [-0.2, 0) is 6.54 Å². The van der Waals surface area contributed by atoms with Crippen molar-refractivity contribution in [1.82, 2.24) is 9.80 Å². The van der Waals surface area contributed by atoms with Crippen LogP contribution in [0.15, 0.2) is 18.2 Å². The summed E-state index contributed by atoms with van der Waals surface area (Å²) in [7, 11) is 5.98. The maximum atomic E-state index is 13.8. The Bertz CT molecular complexity index is 417. The molecule has 0 aliphatic heterocycles. The number of amidine groups is 1. The minimum absolute atomic E-state index is 0.110. The van der Waals surface area contributed by atoms with Crippen molar-refractivity contribution >= 4 is 5.84 Å². The van der Waals surface area contributed by atoms with Gasteiger partial charge in [0.2, 0.25) is 0 Å². The van der Waals surface area contributed by atoms with Gasteiger partial charge in [0.15, 0.2) is 0 Å². The highest BCUT2D eigenvalue weighted by atomic mass is 19.1. The zero-order valence-electron chi connectivity index (χ0n) is 11.2. The van der Waals surface area contributed by atoms with Gasteiger partial charge in [0.05, 0.1) is 0 Å². The highest BCUT2D eigenvalue weighted by Gasteiger charge is 2.08. The molecule has 0 unspecified atom stereocenters. The van der Waals surface area contributed by atoms with E-state index < -0.39 is 0 Å². The second-order valence-corrected chi connectivity index (χ2v) is 4.76. The summed E-state index contributed by atoms with van der Waals surface area (Å²) >= 11 is 0. The van der Waals surface area contributed by atoms with Gasteiger partial charge in [-0.2, -0.15) is 0 Å². The lowest BCUT2D eigenvalue weighted by Gasteiger charge is -2.19. The molecule has 100 valence electrons. The fourth-order valence-electron chi connectivity index (χ4n) is 1.58. The summed E-state index contributed by atoms with van der Waals surface area (Å²) < 4.78 is 13.8. The Balaban J connectivity index is 2.64. The largest absolute Gasteiger partial charge is 0.384 e. The maximum Gasteiger partial charge on any atom is 0.128 e. The molecule has 0 atom stereocenters. The topological polar surface area (TPSA) is 56.4 Å². The first-order valence-corrected chi connectivity index (χ1v) is 5.86. The summed E-state index contributed by atoms with van der Waals surface area (Å²) in [6, 6.07) is 4.69. The van der Waals surface area contributed by atoms with Gasteiger partial charge in [0, 0.05) is 30.8 Å². The summed E-state index contributed by atoms with van der Waals surface area (Å²) in [5.41, 5.74) is 6.37. The van der Waals surface area contributed by atoms with Gasteiger partial charge in [-0.3, -0.25) is 5.41 Å². The summed E-state index contributed by atoms with van der Waals surface area (Å²) in [6.45, 7) is 2.36. The van der Waals surface area contributed by atoms with E-state index >= 15 is 0 Å². The molecule has 0 saturated heterocycles. The highest BCUT2D eigenvalue weighted by molar-refractivity contribution is 5.94. The molecule has 3 N–H and O–H groups in total. The van der Waals surface area contributed by atoms with Gasteiger partial charge in [-0.25, -0.2) is 4.39 Å². The van der Waals surface area contributed by atoms with Crippen molar-refractivity contribution in [2.24, 2.45) is 5.73 Å².